The third kappa shape index (κ3) is 3.62. The maximum absolute atomic E-state index is 12.2. The minimum absolute atomic E-state index is 0.114. The molecule has 21 heavy (non-hydrogen) atoms. The van der Waals surface area contributed by atoms with E-state index in [1.807, 2.05) is 6.92 Å². The molecule has 0 saturated heterocycles. The Morgan fingerprint density at radius 1 is 1.43 bits per heavy atom. The molecule has 1 aromatic rings. The Balaban J connectivity index is 3.31. The molecule has 0 spiro atoms. The fourth-order valence-electron chi connectivity index (χ4n) is 2.13. The Morgan fingerprint density at radius 2 is 2.05 bits per heavy atom. The first-order chi connectivity index (χ1) is 9.87. The highest BCUT2D eigenvalue weighted by atomic mass is 17.1. The highest BCUT2D eigenvalue weighted by molar-refractivity contribution is 5.65. The lowest BCUT2D eigenvalue weighted by Crippen LogP contribution is -2.13. The summed E-state index contributed by atoms with van der Waals surface area (Å²) in [6.45, 7) is 10.9. The molecule has 0 bridgehead atoms. The van der Waals surface area contributed by atoms with Gasteiger partial charge < -0.3 is 9.15 Å². The fraction of sp³-hybridized carbons (Fsp3) is 0.438. The van der Waals surface area contributed by atoms with Gasteiger partial charge in [-0.25, -0.2) is 4.89 Å². The van der Waals surface area contributed by atoms with Crippen molar-refractivity contribution in [1.82, 2.24) is 0 Å². The second kappa shape index (κ2) is 7.24. The van der Waals surface area contributed by atoms with E-state index in [1.165, 1.54) is 7.11 Å². The summed E-state index contributed by atoms with van der Waals surface area (Å²) in [5.41, 5.74) is 2.14. The lowest BCUT2D eigenvalue weighted by atomic mass is 10.0. The molecular formula is C16H22O5. The van der Waals surface area contributed by atoms with Gasteiger partial charge in [0.2, 0.25) is 0 Å². The lowest BCUT2D eigenvalue weighted by molar-refractivity contribution is -0.268. The second-order valence-corrected chi connectivity index (χ2v) is 4.91. The molecule has 1 unspecified atom stereocenters. The summed E-state index contributed by atoms with van der Waals surface area (Å²) in [7, 11) is 1.45. The van der Waals surface area contributed by atoms with Crippen LogP contribution in [0.15, 0.2) is 27.4 Å². The molecule has 1 N–H and O–H groups in total. The first-order valence-corrected chi connectivity index (χ1v) is 6.73. The zero-order chi connectivity index (χ0) is 16.2. The minimum Gasteiger partial charge on any atom is -0.468 e. The van der Waals surface area contributed by atoms with Gasteiger partial charge in [-0.2, -0.15) is 0 Å². The molecule has 1 aromatic heterocycles. The van der Waals surface area contributed by atoms with Crippen LogP contribution in [-0.2, 0) is 4.89 Å². The molecule has 0 amide bonds. The standard InChI is InChI=1S/C16H22O5/c1-7-13(21-18)9(2)8-10(3)15-11(4)14(17)12(5)16(19-6)20-15/h8,13,18H,2,7H2,1,3-6H3. The van der Waals surface area contributed by atoms with Gasteiger partial charge >= 0.3 is 0 Å². The normalized spacial score (nSPS) is 13.1. The molecule has 0 fully saturated rings. The highest BCUT2D eigenvalue weighted by Crippen LogP contribution is 2.25. The third-order valence-corrected chi connectivity index (χ3v) is 3.38. The Kier molecular flexibility index (Phi) is 5.93. The maximum Gasteiger partial charge on any atom is 0.291 e. The van der Waals surface area contributed by atoms with Crippen molar-refractivity contribution in [3.8, 4) is 5.95 Å². The Bertz CT molecular complexity index is 606. The van der Waals surface area contributed by atoms with Crippen LogP contribution in [0.4, 0.5) is 0 Å². The summed E-state index contributed by atoms with van der Waals surface area (Å²) < 4.78 is 10.7. The number of ether oxygens (including phenoxy) is 1. The first-order valence-electron chi connectivity index (χ1n) is 6.73. The smallest absolute Gasteiger partial charge is 0.291 e. The van der Waals surface area contributed by atoms with E-state index in [4.69, 9.17) is 14.4 Å². The number of hydrogen-bond donors (Lipinski definition) is 1. The molecular weight excluding hydrogens is 272 g/mol. The van der Waals surface area contributed by atoms with Crippen molar-refractivity contribution in [1.29, 1.82) is 0 Å². The fourth-order valence-corrected chi connectivity index (χ4v) is 2.13. The molecule has 1 heterocycles. The topological polar surface area (TPSA) is 68.9 Å². The predicted molar refractivity (Wildman–Crippen MR) is 81.6 cm³/mol. The molecule has 0 radical (unpaired) electrons. The van der Waals surface area contributed by atoms with Crippen LogP contribution in [0.3, 0.4) is 0 Å². The Morgan fingerprint density at radius 3 is 2.52 bits per heavy atom. The van der Waals surface area contributed by atoms with E-state index >= 15 is 0 Å². The van der Waals surface area contributed by atoms with Gasteiger partial charge in [-0.15, -0.1) is 0 Å². The van der Waals surface area contributed by atoms with Crippen molar-refractivity contribution < 1.29 is 19.3 Å². The zero-order valence-corrected chi connectivity index (χ0v) is 13.1. The van der Waals surface area contributed by atoms with E-state index in [1.54, 1.807) is 26.8 Å². The van der Waals surface area contributed by atoms with Gasteiger partial charge in [-0.05, 0) is 38.3 Å². The largest absolute Gasteiger partial charge is 0.468 e. The van der Waals surface area contributed by atoms with E-state index in [9.17, 15) is 4.79 Å². The summed E-state index contributed by atoms with van der Waals surface area (Å²) in [5.74, 6) is 0.640. The van der Waals surface area contributed by atoms with Gasteiger partial charge in [0.25, 0.3) is 5.95 Å². The van der Waals surface area contributed by atoms with Crippen LogP contribution in [0.5, 0.6) is 5.95 Å². The first kappa shape index (κ1) is 17.2. The van der Waals surface area contributed by atoms with Crippen LogP contribution in [0.25, 0.3) is 5.57 Å². The van der Waals surface area contributed by atoms with E-state index in [-0.39, 0.29) is 11.4 Å². The summed E-state index contributed by atoms with van der Waals surface area (Å²) in [6, 6.07) is 0. The predicted octanol–water partition coefficient (Wildman–Crippen LogP) is 3.49. The number of hydrogen-bond acceptors (Lipinski definition) is 5. The minimum atomic E-state index is -0.487. The number of allylic oxidation sites excluding steroid dienone is 1. The highest BCUT2D eigenvalue weighted by Gasteiger charge is 2.16. The molecule has 5 nitrogen and oxygen atoms in total. The molecule has 0 aliphatic carbocycles. The Labute approximate surface area is 124 Å². The number of rotatable bonds is 6. The molecule has 1 rings (SSSR count). The quantitative estimate of drug-likeness (QED) is 0.494. The van der Waals surface area contributed by atoms with Crippen molar-refractivity contribution >= 4 is 5.57 Å². The summed E-state index contributed by atoms with van der Waals surface area (Å²) >= 11 is 0. The average Bonchev–Trinajstić information content (AvgIpc) is 2.46. The summed E-state index contributed by atoms with van der Waals surface area (Å²) in [6.07, 6.45) is 1.82. The molecule has 0 aliphatic heterocycles. The molecule has 0 saturated carbocycles. The SMILES string of the molecule is C=C(C=C(C)c1oc(OC)c(C)c(=O)c1C)C(CC)OO. The van der Waals surface area contributed by atoms with E-state index in [2.05, 4.69) is 11.5 Å². The average molecular weight is 294 g/mol. The second-order valence-electron chi connectivity index (χ2n) is 4.91. The van der Waals surface area contributed by atoms with Crippen molar-refractivity contribution in [2.45, 2.75) is 40.2 Å². The van der Waals surface area contributed by atoms with Gasteiger partial charge in [0, 0.05) is 5.56 Å². The van der Waals surface area contributed by atoms with Crippen LogP contribution >= 0.6 is 0 Å². The van der Waals surface area contributed by atoms with Crippen LogP contribution < -0.4 is 10.2 Å². The van der Waals surface area contributed by atoms with Gasteiger partial charge in [-0.1, -0.05) is 19.6 Å². The number of methoxy groups -OCH3 is 1. The molecule has 0 aromatic carbocycles. The van der Waals surface area contributed by atoms with E-state index in [0.29, 0.717) is 34.5 Å². The molecule has 5 heteroatoms. The summed E-state index contributed by atoms with van der Waals surface area (Å²) in [4.78, 5) is 16.5. The molecule has 116 valence electrons. The zero-order valence-electron chi connectivity index (χ0n) is 13.1. The van der Waals surface area contributed by atoms with Crippen LogP contribution in [-0.4, -0.2) is 18.5 Å². The molecule has 0 aliphatic rings. The van der Waals surface area contributed by atoms with E-state index in [0.717, 1.165) is 0 Å². The van der Waals surface area contributed by atoms with Crippen LogP contribution in [0.2, 0.25) is 0 Å². The third-order valence-electron chi connectivity index (χ3n) is 3.38. The van der Waals surface area contributed by atoms with Crippen molar-refractivity contribution in [2.75, 3.05) is 7.11 Å². The van der Waals surface area contributed by atoms with Gasteiger partial charge in [0.1, 0.15) is 11.9 Å². The van der Waals surface area contributed by atoms with Gasteiger partial charge in [0.05, 0.1) is 12.7 Å². The maximum atomic E-state index is 12.2. The van der Waals surface area contributed by atoms with Crippen molar-refractivity contribution in [3.05, 3.63) is 45.3 Å². The lowest BCUT2D eigenvalue weighted by Gasteiger charge is -2.13. The molecule has 1 atom stereocenters. The van der Waals surface area contributed by atoms with Crippen LogP contribution in [0, 0.1) is 13.8 Å². The van der Waals surface area contributed by atoms with Gasteiger partial charge in [0.15, 0.2) is 5.43 Å². The van der Waals surface area contributed by atoms with Gasteiger partial charge in [-0.3, -0.25) is 10.1 Å². The monoisotopic (exact) mass is 294 g/mol. The van der Waals surface area contributed by atoms with Crippen molar-refractivity contribution in [3.63, 3.8) is 0 Å². The van der Waals surface area contributed by atoms with Crippen molar-refractivity contribution in [2.24, 2.45) is 0 Å². The van der Waals surface area contributed by atoms with E-state index < -0.39 is 6.10 Å². The van der Waals surface area contributed by atoms with Crippen LogP contribution in [0.1, 0.15) is 37.2 Å². The summed E-state index contributed by atoms with van der Waals surface area (Å²) in [5, 5.41) is 8.81. The Hall–Kier alpha value is -1.85.